The van der Waals surface area contributed by atoms with Crippen LogP contribution in [-0.2, 0) is 4.79 Å². The predicted molar refractivity (Wildman–Crippen MR) is 120 cm³/mol. The molecule has 0 spiro atoms. The van der Waals surface area contributed by atoms with Crippen LogP contribution in [0.1, 0.15) is 22.3 Å². The average molecular weight is 406 g/mol. The summed E-state index contributed by atoms with van der Waals surface area (Å²) in [5.74, 6) is 0.667. The van der Waals surface area contributed by atoms with Crippen molar-refractivity contribution in [1.82, 2.24) is 5.32 Å². The Balaban J connectivity index is 1.70. The highest BCUT2D eigenvalue weighted by Crippen LogP contribution is 2.23. The van der Waals surface area contributed by atoms with E-state index in [1.807, 2.05) is 86.7 Å². The van der Waals surface area contributed by atoms with E-state index in [4.69, 9.17) is 16.3 Å². The smallest absolute Gasteiger partial charge is 0.252 e. The van der Waals surface area contributed by atoms with E-state index in [-0.39, 0.29) is 5.91 Å². The Morgan fingerprint density at radius 1 is 1.00 bits per heavy atom. The van der Waals surface area contributed by atoms with Crippen LogP contribution >= 0.6 is 11.6 Å². The standard InChI is InChI=1S/C25H24ClNO2/c1-18-12-13-24(19(2)16-18)29-15-14-27-25(28)22(20-8-4-3-5-9-20)17-21-10-6-7-11-23(21)26/h3-13,16-17H,14-15H2,1-2H3,(H,27,28)/b22-17+. The Hall–Kier alpha value is -3.04. The second-order valence-electron chi connectivity index (χ2n) is 6.82. The van der Waals surface area contributed by atoms with Crippen LogP contribution in [0.5, 0.6) is 5.75 Å². The molecule has 0 bridgehead atoms. The van der Waals surface area contributed by atoms with Crippen molar-refractivity contribution in [2.24, 2.45) is 0 Å². The summed E-state index contributed by atoms with van der Waals surface area (Å²) in [6.45, 7) is 4.86. The van der Waals surface area contributed by atoms with Gasteiger partial charge in [-0.1, -0.05) is 77.8 Å². The minimum atomic E-state index is -0.166. The molecule has 0 unspecified atom stereocenters. The fourth-order valence-electron chi connectivity index (χ4n) is 3.03. The molecule has 0 saturated carbocycles. The average Bonchev–Trinajstić information content (AvgIpc) is 2.72. The van der Waals surface area contributed by atoms with E-state index < -0.39 is 0 Å². The van der Waals surface area contributed by atoms with Crippen LogP contribution in [0.15, 0.2) is 72.8 Å². The first-order chi connectivity index (χ1) is 14.0. The minimum absolute atomic E-state index is 0.166. The van der Waals surface area contributed by atoms with Crippen molar-refractivity contribution in [2.75, 3.05) is 13.2 Å². The molecule has 29 heavy (non-hydrogen) atoms. The zero-order valence-corrected chi connectivity index (χ0v) is 17.4. The van der Waals surface area contributed by atoms with E-state index in [1.54, 1.807) is 0 Å². The summed E-state index contributed by atoms with van der Waals surface area (Å²) in [5.41, 5.74) is 4.47. The highest BCUT2D eigenvalue weighted by molar-refractivity contribution is 6.33. The van der Waals surface area contributed by atoms with Gasteiger partial charge in [0.25, 0.3) is 5.91 Å². The van der Waals surface area contributed by atoms with Gasteiger partial charge in [-0.25, -0.2) is 0 Å². The number of halogens is 1. The molecule has 0 aliphatic rings. The van der Waals surface area contributed by atoms with Crippen molar-refractivity contribution in [3.8, 4) is 5.75 Å². The van der Waals surface area contributed by atoms with Gasteiger partial charge in [-0.3, -0.25) is 4.79 Å². The number of hydrogen-bond acceptors (Lipinski definition) is 2. The van der Waals surface area contributed by atoms with E-state index in [2.05, 4.69) is 11.4 Å². The number of amides is 1. The maximum absolute atomic E-state index is 12.9. The first-order valence-electron chi connectivity index (χ1n) is 9.54. The normalized spacial score (nSPS) is 11.2. The molecule has 0 fully saturated rings. The van der Waals surface area contributed by atoms with Crippen LogP contribution in [0.3, 0.4) is 0 Å². The maximum atomic E-state index is 12.9. The molecule has 4 heteroatoms. The van der Waals surface area contributed by atoms with E-state index in [9.17, 15) is 4.79 Å². The van der Waals surface area contributed by atoms with Crippen molar-refractivity contribution in [2.45, 2.75) is 13.8 Å². The molecule has 0 aromatic heterocycles. The van der Waals surface area contributed by atoms with E-state index in [0.717, 1.165) is 22.4 Å². The van der Waals surface area contributed by atoms with Crippen molar-refractivity contribution in [3.63, 3.8) is 0 Å². The SMILES string of the molecule is Cc1ccc(OCCNC(=O)/C(=C/c2ccccc2Cl)c2ccccc2)c(C)c1. The third kappa shape index (κ3) is 5.72. The Kier molecular flexibility index (Phi) is 7.09. The Labute approximate surface area is 177 Å². The Bertz CT molecular complexity index is 1010. The van der Waals surface area contributed by atoms with Crippen LogP contribution < -0.4 is 10.1 Å². The lowest BCUT2D eigenvalue weighted by Crippen LogP contribution is -2.28. The zero-order valence-electron chi connectivity index (χ0n) is 16.6. The highest BCUT2D eigenvalue weighted by Gasteiger charge is 2.12. The Morgan fingerprint density at radius 2 is 1.72 bits per heavy atom. The van der Waals surface area contributed by atoms with Gasteiger partial charge in [0.05, 0.1) is 6.54 Å². The van der Waals surface area contributed by atoms with E-state index in [0.29, 0.717) is 23.7 Å². The van der Waals surface area contributed by atoms with Crippen molar-refractivity contribution in [1.29, 1.82) is 0 Å². The van der Waals surface area contributed by atoms with Crippen LogP contribution in [0.4, 0.5) is 0 Å². The minimum Gasteiger partial charge on any atom is -0.491 e. The highest BCUT2D eigenvalue weighted by atomic mass is 35.5. The number of hydrogen-bond donors (Lipinski definition) is 1. The number of carbonyl (C=O) groups excluding carboxylic acids is 1. The molecule has 0 aliphatic heterocycles. The molecule has 1 N–H and O–H groups in total. The number of aryl methyl sites for hydroxylation is 2. The molecule has 0 atom stereocenters. The molecule has 3 aromatic carbocycles. The fraction of sp³-hybridized carbons (Fsp3) is 0.160. The monoisotopic (exact) mass is 405 g/mol. The van der Waals surface area contributed by atoms with Crippen molar-refractivity contribution < 1.29 is 9.53 Å². The molecule has 0 aliphatic carbocycles. The van der Waals surface area contributed by atoms with Gasteiger partial charge in [0, 0.05) is 10.6 Å². The van der Waals surface area contributed by atoms with E-state index in [1.165, 1.54) is 5.56 Å². The van der Waals surface area contributed by atoms with Crippen LogP contribution in [-0.4, -0.2) is 19.1 Å². The lowest BCUT2D eigenvalue weighted by molar-refractivity contribution is -0.115. The second-order valence-corrected chi connectivity index (χ2v) is 7.23. The van der Waals surface area contributed by atoms with Crippen molar-refractivity contribution in [3.05, 3.63) is 100 Å². The topological polar surface area (TPSA) is 38.3 Å². The Morgan fingerprint density at radius 3 is 2.45 bits per heavy atom. The first-order valence-corrected chi connectivity index (χ1v) is 9.92. The number of carbonyl (C=O) groups is 1. The number of nitrogens with one attached hydrogen (secondary N) is 1. The summed E-state index contributed by atoms with van der Waals surface area (Å²) >= 11 is 6.28. The molecule has 3 nitrogen and oxygen atoms in total. The van der Waals surface area contributed by atoms with Crippen LogP contribution in [0, 0.1) is 13.8 Å². The summed E-state index contributed by atoms with van der Waals surface area (Å²) in [6.07, 6.45) is 1.82. The van der Waals surface area contributed by atoms with Crippen LogP contribution in [0.25, 0.3) is 11.6 Å². The summed E-state index contributed by atoms with van der Waals surface area (Å²) in [4.78, 5) is 12.9. The molecule has 1 amide bonds. The summed E-state index contributed by atoms with van der Waals surface area (Å²) in [7, 11) is 0. The molecule has 3 rings (SSSR count). The van der Waals surface area contributed by atoms with Gasteiger partial charge in [0.15, 0.2) is 0 Å². The van der Waals surface area contributed by atoms with Gasteiger partial charge in [-0.15, -0.1) is 0 Å². The maximum Gasteiger partial charge on any atom is 0.252 e. The summed E-state index contributed by atoms with van der Waals surface area (Å²) in [6, 6.07) is 23.1. The number of benzene rings is 3. The largest absolute Gasteiger partial charge is 0.491 e. The number of rotatable bonds is 7. The molecule has 3 aromatic rings. The van der Waals surface area contributed by atoms with Gasteiger partial charge >= 0.3 is 0 Å². The summed E-state index contributed by atoms with van der Waals surface area (Å²) in [5, 5.41) is 3.55. The molecule has 0 radical (unpaired) electrons. The lowest BCUT2D eigenvalue weighted by atomic mass is 10.0. The molecular weight excluding hydrogens is 382 g/mol. The molecule has 0 heterocycles. The molecular formula is C25H24ClNO2. The summed E-state index contributed by atoms with van der Waals surface area (Å²) < 4.78 is 5.81. The fourth-order valence-corrected chi connectivity index (χ4v) is 3.22. The molecule has 148 valence electrons. The van der Waals surface area contributed by atoms with Gasteiger partial charge in [-0.05, 0) is 48.7 Å². The molecule has 0 saturated heterocycles. The van der Waals surface area contributed by atoms with Gasteiger partial charge < -0.3 is 10.1 Å². The zero-order chi connectivity index (χ0) is 20.6. The quantitative estimate of drug-likeness (QED) is 0.311. The third-order valence-corrected chi connectivity index (χ3v) is 4.85. The number of ether oxygens (including phenoxy) is 1. The van der Waals surface area contributed by atoms with E-state index >= 15 is 0 Å². The lowest BCUT2D eigenvalue weighted by Gasteiger charge is -2.12. The second kappa shape index (κ2) is 9.94. The third-order valence-electron chi connectivity index (χ3n) is 4.51. The van der Waals surface area contributed by atoms with Gasteiger partial charge in [0.1, 0.15) is 12.4 Å². The van der Waals surface area contributed by atoms with Crippen molar-refractivity contribution >= 4 is 29.2 Å². The van der Waals surface area contributed by atoms with Crippen LogP contribution in [0.2, 0.25) is 5.02 Å². The first kappa shape index (κ1) is 20.7. The van der Waals surface area contributed by atoms with Gasteiger partial charge in [-0.2, -0.15) is 0 Å². The van der Waals surface area contributed by atoms with Gasteiger partial charge in [0.2, 0.25) is 0 Å². The predicted octanol–water partition coefficient (Wildman–Crippen LogP) is 5.69.